The molecule has 2 saturated carbocycles. The fourth-order valence-corrected chi connectivity index (χ4v) is 5.89. The average molecular weight is 331 g/mol. The molecule has 136 valence electrons. The van der Waals surface area contributed by atoms with Crippen LogP contribution in [-0.4, -0.2) is 24.3 Å². The number of hydrogen-bond donors (Lipinski definition) is 1. The van der Waals surface area contributed by atoms with Crippen LogP contribution in [0, 0.1) is 29.6 Å². The first kappa shape index (κ1) is 18.2. The highest BCUT2D eigenvalue weighted by atomic mass is 15.0. The van der Waals surface area contributed by atoms with Crippen LogP contribution in [0.4, 0.5) is 0 Å². The molecule has 2 fully saturated rings. The normalized spacial score (nSPS) is 43.0. The fraction of sp³-hybridized carbons (Fsp3) is 0.864. The van der Waals surface area contributed by atoms with Crippen molar-refractivity contribution in [1.29, 1.82) is 0 Å². The van der Waals surface area contributed by atoms with Crippen molar-refractivity contribution in [1.82, 2.24) is 5.32 Å². The molecule has 1 aliphatic heterocycles. The monoisotopic (exact) mass is 330 g/mol. The van der Waals surface area contributed by atoms with Gasteiger partial charge in [-0.2, -0.15) is 0 Å². The fourth-order valence-electron chi connectivity index (χ4n) is 5.89. The zero-order valence-corrected chi connectivity index (χ0v) is 16.5. The highest BCUT2D eigenvalue weighted by molar-refractivity contribution is 6.02. The summed E-state index contributed by atoms with van der Waals surface area (Å²) >= 11 is 0. The molecule has 2 nitrogen and oxygen atoms in total. The van der Waals surface area contributed by atoms with Gasteiger partial charge in [-0.05, 0) is 81.6 Å². The van der Waals surface area contributed by atoms with Crippen LogP contribution in [0.15, 0.2) is 16.6 Å². The Morgan fingerprint density at radius 2 is 1.79 bits per heavy atom. The van der Waals surface area contributed by atoms with Gasteiger partial charge in [0.2, 0.25) is 0 Å². The van der Waals surface area contributed by atoms with Gasteiger partial charge >= 0.3 is 0 Å². The van der Waals surface area contributed by atoms with E-state index in [9.17, 15) is 0 Å². The molecular weight excluding hydrogens is 292 g/mol. The van der Waals surface area contributed by atoms with Crippen molar-refractivity contribution in [2.75, 3.05) is 6.54 Å². The summed E-state index contributed by atoms with van der Waals surface area (Å²) in [6.45, 7) is 12.6. The number of aliphatic imine (C=N–C) groups is 1. The van der Waals surface area contributed by atoms with Gasteiger partial charge in [-0.3, -0.25) is 4.99 Å². The predicted molar refractivity (Wildman–Crippen MR) is 105 cm³/mol. The second-order valence-corrected chi connectivity index (χ2v) is 9.05. The van der Waals surface area contributed by atoms with Crippen LogP contribution in [0.1, 0.15) is 73.1 Å². The molecule has 2 aliphatic carbocycles. The maximum atomic E-state index is 5.15. The SMILES string of the molecule is CC=C(C)C1=NC(CNC2CC3CC(C)CC(C3)C2)C(C)C1CC. The molecule has 3 aliphatic rings. The molecule has 0 aromatic heterocycles. The van der Waals surface area contributed by atoms with E-state index in [2.05, 4.69) is 46.0 Å². The van der Waals surface area contributed by atoms with Gasteiger partial charge in [-0.1, -0.05) is 26.8 Å². The van der Waals surface area contributed by atoms with E-state index in [-0.39, 0.29) is 0 Å². The molecule has 0 aromatic carbocycles. The van der Waals surface area contributed by atoms with E-state index in [1.54, 1.807) is 0 Å². The highest BCUT2D eigenvalue weighted by Gasteiger charge is 2.37. The Bertz CT molecular complexity index is 474. The molecule has 3 rings (SSSR count). The Kier molecular flexibility index (Phi) is 5.85. The van der Waals surface area contributed by atoms with Gasteiger partial charge in [0.1, 0.15) is 0 Å². The van der Waals surface area contributed by atoms with Crippen LogP contribution in [0.3, 0.4) is 0 Å². The zero-order valence-electron chi connectivity index (χ0n) is 16.5. The Labute approximate surface area is 149 Å². The molecule has 0 aromatic rings. The van der Waals surface area contributed by atoms with Crippen molar-refractivity contribution in [3.63, 3.8) is 0 Å². The summed E-state index contributed by atoms with van der Waals surface area (Å²) in [7, 11) is 0. The van der Waals surface area contributed by atoms with E-state index >= 15 is 0 Å². The van der Waals surface area contributed by atoms with Gasteiger partial charge in [0.15, 0.2) is 0 Å². The molecule has 5 atom stereocenters. The lowest BCUT2D eigenvalue weighted by atomic mass is 9.67. The maximum absolute atomic E-state index is 5.15. The van der Waals surface area contributed by atoms with Crippen molar-refractivity contribution in [2.45, 2.75) is 85.2 Å². The molecule has 0 spiro atoms. The van der Waals surface area contributed by atoms with Crippen LogP contribution in [-0.2, 0) is 0 Å². The largest absolute Gasteiger partial charge is 0.312 e. The van der Waals surface area contributed by atoms with Gasteiger partial charge in [-0.15, -0.1) is 0 Å². The minimum atomic E-state index is 0.473. The van der Waals surface area contributed by atoms with E-state index < -0.39 is 0 Å². The first-order chi connectivity index (χ1) is 11.5. The van der Waals surface area contributed by atoms with Crippen LogP contribution in [0.5, 0.6) is 0 Å². The van der Waals surface area contributed by atoms with Gasteiger partial charge in [0, 0.05) is 24.2 Å². The van der Waals surface area contributed by atoms with Crippen LogP contribution < -0.4 is 5.32 Å². The van der Waals surface area contributed by atoms with Gasteiger partial charge < -0.3 is 5.32 Å². The molecule has 24 heavy (non-hydrogen) atoms. The maximum Gasteiger partial charge on any atom is 0.0659 e. The number of nitrogens with zero attached hydrogens (tertiary/aromatic N) is 1. The minimum Gasteiger partial charge on any atom is -0.312 e. The predicted octanol–water partition coefficient (Wildman–Crippen LogP) is 5.24. The van der Waals surface area contributed by atoms with Crippen molar-refractivity contribution in [3.05, 3.63) is 11.6 Å². The van der Waals surface area contributed by atoms with E-state index in [1.807, 2.05) is 0 Å². The third-order valence-corrected chi connectivity index (χ3v) is 7.16. The van der Waals surface area contributed by atoms with Gasteiger partial charge in [0.05, 0.1) is 6.04 Å². The summed E-state index contributed by atoms with van der Waals surface area (Å²) in [6.07, 6.45) is 10.7. The molecule has 1 N–H and O–H groups in total. The van der Waals surface area contributed by atoms with Crippen LogP contribution in [0.25, 0.3) is 0 Å². The smallest absolute Gasteiger partial charge is 0.0659 e. The molecule has 2 heteroatoms. The number of hydrogen-bond acceptors (Lipinski definition) is 2. The summed E-state index contributed by atoms with van der Waals surface area (Å²) in [4.78, 5) is 5.15. The van der Waals surface area contributed by atoms with E-state index in [0.717, 1.165) is 30.3 Å². The van der Waals surface area contributed by atoms with Crippen LogP contribution in [0.2, 0.25) is 0 Å². The lowest BCUT2D eigenvalue weighted by Gasteiger charge is -2.42. The molecule has 0 saturated heterocycles. The number of rotatable bonds is 5. The summed E-state index contributed by atoms with van der Waals surface area (Å²) in [5.74, 6) is 4.26. The van der Waals surface area contributed by atoms with E-state index in [0.29, 0.717) is 17.9 Å². The second kappa shape index (κ2) is 7.72. The third kappa shape index (κ3) is 3.79. The van der Waals surface area contributed by atoms with Crippen LogP contribution >= 0.6 is 0 Å². The second-order valence-electron chi connectivity index (χ2n) is 9.05. The van der Waals surface area contributed by atoms with Crippen molar-refractivity contribution in [3.8, 4) is 0 Å². The Balaban J connectivity index is 1.57. The van der Waals surface area contributed by atoms with Crippen molar-refractivity contribution in [2.24, 2.45) is 34.6 Å². The summed E-state index contributed by atoms with van der Waals surface area (Å²) in [5.41, 5.74) is 2.77. The van der Waals surface area contributed by atoms with Gasteiger partial charge in [-0.25, -0.2) is 0 Å². The molecule has 1 heterocycles. The van der Waals surface area contributed by atoms with E-state index in [1.165, 1.54) is 49.8 Å². The molecule has 5 unspecified atom stereocenters. The highest BCUT2D eigenvalue weighted by Crippen LogP contribution is 2.42. The third-order valence-electron chi connectivity index (χ3n) is 7.16. The standard InChI is InChI=1S/C22H38N2/c1-6-15(4)22-20(7-2)16(5)21(24-22)13-23-19-11-17-8-14(3)9-18(10-17)12-19/h6,14,16-21,23H,7-13H2,1-5H3. The quantitative estimate of drug-likeness (QED) is 0.732. The molecule has 0 amide bonds. The van der Waals surface area contributed by atoms with Crippen molar-refractivity contribution >= 4 is 5.71 Å². The first-order valence-electron chi connectivity index (χ1n) is 10.5. The Hall–Kier alpha value is -0.630. The molecular formula is C22H38N2. The summed E-state index contributed by atoms with van der Waals surface area (Å²) < 4.78 is 0. The molecule has 2 bridgehead atoms. The average Bonchev–Trinajstić information content (AvgIpc) is 2.87. The Morgan fingerprint density at radius 1 is 1.12 bits per heavy atom. The van der Waals surface area contributed by atoms with E-state index in [4.69, 9.17) is 4.99 Å². The van der Waals surface area contributed by atoms with Gasteiger partial charge in [0.25, 0.3) is 0 Å². The zero-order chi connectivity index (χ0) is 17.3. The number of fused-ring (bicyclic) bond motifs is 2. The lowest BCUT2D eigenvalue weighted by Crippen LogP contribution is -2.43. The molecule has 0 radical (unpaired) electrons. The lowest BCUT2D eigenvalue weighted by molar-refractivity contribution is 0.117. The summed E-state index contributed by atoms with van der Waals surface area (Å²) in [6, 6.07) is 1.22. The number of nitrogens with one attached hydrogen (secondary N) is 1. The van der Waals surface area contributed by atoms with Crippen molar-refractivity contribution < 1.29 is 0 Å². The minimum absolute atomic E-state index is 0.473. The summed E-state index contributed by atoms with van der Waals surface area (Å²) in [5, 5.41) is 3.93. The Morgan fingerprint density at radius 3 is 2.38 bits per heavy atom. The first-order valence-corrected chi connectivity index (χ1v) is 10.5. The topological polar surface area (TPSA) is 24.4 Å². The number of allylic oxidation sites excluding steroid dienone is 2.